The lowest BCUT2D eigenvalue weighted by Crippen LogP contribution is -2.52. The summed E-state index contributed by atoms with van der Waals surface area (Å²) in [6.45, 7) is 10.4. The molecule has 0 saturated carbocycles. The number of hydrogen-bond acceptors (Lipinski definition) is 7. The summed E-state index contributed by atoms with van der Waals surface area (Å²) in [6.07, 6.45) is 2.74. The van der Waals surface area contributed by atoms with Gasteiger partial charge in [0.1, 0.15) is 11.6 Å². The SMILES string of the molecule is CCc1nsc(N2CCN(C(=NC)NCc3ncc(C)c(OC)c3C)CC2)n1. The maximum Gasteiger partial charge on any atom is 0.205 e. The highest BCUT2D eigenvalue weighted by Gasteiger charge is 2.22. The highest BCUT2D eigenvalue weighted by Crippen LogP contribution is 2.24. The molecule has 0 atom stereocenters. The Bertz CT molecular complexity index is 828. The summed E-state index contributed by atoms with van der Waals surface area (Å²) in [6, 6.07) is 0. The Morgan fingerprint density at radius 3 is 2.64 bits per heavy atom. The number of nitrogens with one attached hydrogen (secondary N) is 1. The molecule has 0 aliphatic carbocycles. The molecule has 1 aliphatic heterocycles. The molecule has 1 aliphatic rings. The highest BCUT2D eigenvalue weighted by molar-refractivity contribution is 7.09. The normalized spacial score (nSPS) is 15.1. The van der Waals surface area contributed by atoms with Gasteiger partial charge < -0.3 is 19.9 Å². The lowest BCUT2D eigenvalue weighted by Gasteiger charge is -2.36. The van der Waals surface area contributed by atoms with Crippen molar-refractivity contribution in [3.8, 4) is 5.75 Å². The molecule has 0 radical (unpaired) electrons. The number of aliphatic imine (C=N–C) groups is 1. The van der Waals surface area contributed by atoms with E-state index in [0.717, 1.165) is 72.1 Å². The van der Waals surface area contributed by atoms with E-state index in [1.807, 2.05) is 27.1 Å². The molecule has 9 heteroatoms. The molecule has 0 amide bonds. The van der Waals surface area contributed by atoms with Crippen LogP contribution in [0.25, 0.3) is 0 Å². The third kappa shape index (κ3) is 4.35. The van der Waals surface area contributed by atoms with Crippen LogP contribution in [0.1, 0.15) is 29.6 Å². The molecule has 8 nitrogen and oxygen atoms in total. The van der Waals surface area contributed by atoms with Crippen molar-refractivity contribution in [2.24, 2.45) is 4.99 Å². The molecule has 2 aromatic rings. The highest BCUT2D eigenvalue weighted by atomic mass is 32.1. The average Bonchev–Trinajstić information content (AvgIpc) is 3.20. The largest absolute Gasteiger partial charge is 0.496 e. The second-order valence-electron chi connectivity index (χ2n) is 6.77. The van der Waals surface area contributed by atoms with Crippen molar-refractivity contribution in [2.45, 2.75) is 33.7 Å². The Hall–Kier alpha value is -2.42. The van der Waals surface area contributed by atoms with Gasteiger partial charge in [-0.3, -0.25) is 9.98 Å². The molecule has 1 saturated heterocycles. The number of hydrogen-bond donors (Lipinski definition) is 1. The minimum atomic E-state index is 0.617. The Morgan fingerprint density at radius 1 is 1.29 bits per heavy atom. The Morgan fingerprint density at radius 2 is 2.04 bits per heavy atom. The zero-order valence-electron chi connectivity index (χ0n) is 17.3. The third-order valence-electron chi connectivity index (χ3n) is 5.00. The predicted octanol–water partition coefficient (Wildman–Crippen LogP) is 2.02. The van der Waals surface area contributed by atoms with Gasteiger partial charge in [-0.05, 0) is 13.8 Å². The quantitative estimate of drug-likeness (QED) is 0.604. The van der Waals surface area contributed by atoms with Crippen molar-refractivity contribution in [1.82, 2.24) is 24.6 Å². The third-order valence-corrected chi connectivity index (χ3v) is 5.81. The van der Waals surface area contributed by atoms with Gasteiger partial charge in [-0.25, -0.2) is 4.98 Å². The first-order chi connectivity index (χ1) is 13.6. The van der Waals surface area contributed by atoms with Gasteiger partial charge in [-0.1, -0.05) is 6.92 Å². The second-order valence-corrected chi connectivity index (χ2v) is 7.50. The zero-order valence-corrected chi connectivity index (χ0v) is 18.1. The van der Waals surface area contributed by atoms with Crippen LogP contribution in [-0.2, 0) is 13.0 Å². The molecule has 1 fully saturated rings. The van der Waals surface area contributed by atoms with Crippen LogP contribution in [-0.4, -0.2) is 65.5 Å². The average molecular weight is 404 g/mol. The molecular formula is C19H29N7OS. The number of piperazine rings is 1. The van der Waals surface area contributed by atoms with Crippen LogP contribution in [0, 0.1) is 13.8 Å². The molecule has 0 unspecified atom stereocenters. The van der Waals surface area contributed by atoms with Crippen LogP contribution in [0.4, 0.5) is 5.13 Å². The molecule has 0 bridgehead atoms. The van der Waals surface area contributed by atoms with Crippen LogP contribution in [0.3, 0.4) is 0 Å². The zero-order chi connectivity index (χ0) is 20.1. The van der Waals surface area contributed by atoms with E-state index in [-0.39, 0.29) is 0 Å². The van der Waals surface area contributed by atoms with Gasteiger partial charge in [0.25, 0.3) is 0 Å². The van der Waals surface area contributed by atoms with Crippen molar-refractivity contribution in [1.29, 1.82) is 0 Å². The summed E-state index contributed by atoms with van der Waals surface area (Å²) in [5.74, 6) is 2.72. The van der Waals surface area contributed by atoms with E-state index in [0.29, 0.717) is 6.54 Å². The van der Waals surface area contributed by atoms with E-state index in [1.165, 1.54) is 11.5 Å². The Kier molecular flexibility index (Phi) is 6.66. The van der Waals surface area contributed by atoms with Gasteiger partial charge >= 0.3 is 0 Å². The first kappa shape index (κ1) is 20.3. The fourth-order valence-electron chi connectivity index (χ4n) is 3.37. The minimum absolute atomic E-state index is 0.617. The summed E-state index contributed by atoms with van der Waals surface area (Å²) < 4.78 is 9.90. The number of guanidine groups is 1. The number of ether oxygens (including phenoxy) is 1. The second kappa shape index (κ2) is 9.18. The molecule has 2 aromatic heterocycles. The maximum absolute atomic E-state index is 5.51. The summed E-state index contributed by atoms with van der Waals surface area (Å²) in [5, 5.41) is 4.47. The monoisotopic (exact) mass is 403 g/mol. The number of nitrogens with zero attached hydrogens (tertiary/aromatic N) is 6. The van der Waals surface area contributed by atoms with Crippen LogP contribution < -0.4 is 15.0 Å². The molecule has 3 rings (SSSR count). The molecule has 152 valence electrons. The molecule has 28 heavy (non-hydrogen) atoms. The predicted molar refractivity (Wildman–Crippen MR) is 114 cm³/mol. The van der Waals surface area contributed by atoms with Crippen LogP contribution >= 0.6 is 11.5 Å². The molecule has 3 heterocycles. The summed E-state index contributed by atoms with van der Waals surface area (Å²) >= 11 is 1.49. The fourth-order valence-corrected chi connectivity index (χ4v) is 4.17. The molecule has 0 aromatic carbocycles. The van der Waals surface area contributed by atoms with Gasteiger partial charge in [0.05, 0.1) is 19.3 Å². The van der Waals surface area contributed by atoms with Crippen molar-refractivity contribution in [3.63, 3.8) is 0 Å². The van der Waals surface area contributed by atoms with E-state index in [1.54, 1.807) is 7.11 Å². The van der Waals surface area contributed by atoms with Gasteiger partial charge in [-0.2, -0.15) is 4.37 Å². The van der Waals surface area contributed by atoms with E-state index in [9.17, 15) is 0 Å². The van der Waals surface area contributed by atoms with Crippen molar-refractivity contribution >= 4 is 22.6 Å². The van der Waals surface area contributed by atoms with Crippen molar-refractivity contribution in [3.05, 3.63) is 28.8 Å². The Labute approximate surface area is 170 Å². The van der Waals surface area contributed by atoms with E-state index in [4.69, 9.17) is 4.74 Å². The number of rotatable bonds is 5. The van der Waals surface area contributed by atoms with Crippen molar-refractivity contribution < 1.29 is 4.74 Å². The number of aromatic nitrogens is 3. The fraction of sp³-hybridized carbons (Fsp3) is 0.579. The Balaban J connectivity index is 1.58. The standard InChI is InChI=1S/C19H29N7OS/c1-6-16-23-19(28-24-16)26-9-7-25(8-10-26)18(20-4)22-12-15-14(3)17(27-5)13(2)11-21-15/h11H,6-10,12H2,1-5H3,(H,20,22). The number of aryl methyl sites for hydroxylation is 2. The van der Waals surface area contributed by atoms with Gasteiger partial charge in [0.2, 0.25) is 5.13 Å². The summed E-state index contributed by atoms with van der Waals surface area (Å²) in [5.41, 5.74) is 3.09. The van der Waals surface area contributed by atoms with E-state index in [2.05, 4.69) is 41.4 Å². The first-order valence-electron chi connectivity index (χ1n) is 9.59. The van der Waals surface area contributed by atoms with E-state index >= 15 is 0 Å². The first-order valence-corrected chi connectivity index (χ1v) is 10.4. The van der Waals surface area contributed by atoms with Crippen LogP contribution in [0.5, 0.6) is 5.75 Å². The van der Waals surface area contributed by atoms with Gasteiger partial charge in [-0.15, -0.1) is 0 Å². The van der Waals surface area contributed by atoms with Crippen molar-refractivity contribution in [2.75, 3.05) is 45.2 Å². The topological polar surface area (TPSA) is 78.8 Å². The number of methoxy groups -OCH3 is 1. The molecule has 0 spiro atoms. The van der Waals surface area contributed by atoms with Gasteiger partial charge in [0, 0.05) is 68.5 Å². The maximum atomic E-state index is 5.51. The smallest absolute Gasteiger partial charge is 0.205 e. The summed E-state index contributed by atoms with van der Waals surface area (Å²) in [7, 11) is 3.52. The lowest BCUT2D eigenvalue weighted by molar-refractivity contribution is 0.371. The molecular weight excluding hydrogens is 374 g/mol. The number of pyridine rings is 1. The summed E-state index contributed by atoms with van der Waals surface area (Å²) in [4.78, 5) is 18.2. The van der Waals surface area contributed by atoms with Crippen LogP contribution in [0.2, 0.25) is 0 Å². The number of anilines is 1. The van der Waals surface area contributed by atoms with E-state index < -0.39 is 0 Å². The lowest BCUT2D eigenvalue weighted by atomic mass is 10.1. The van der Waals surface area contributed by atoms with Gasteiger partial charge in [0.15, 0.2) is 5.96 Å². The minimum Gasteiger partial charge on any atom is -0.496 e. The van der Waals surface area contributed by atoms with Crippen LogP contribution in [0.15, 0.2) is 11.2 Å². The molecule has 1 N–H and O–H groups in total.